The lowest BCUT2D eigenvalue weighted by molar-refractivity contribution is 0.396. The first-order valence-corrected chi connectivity index (χ1v) is 12.8. The third-order valence-electron chi connectivity index (χ3n) is 6.38. The van der Waals surface area contributed by atoms with Gasteiger partial charge in [-0.2, -0.15) is 0 Å². The Morgan fingerprint density at radius 2 is 1.66 bits per heavy atom. The number of para-hydroxylation sites is 1. The van der Waals surface area contributed by atoms with E-state index < -0.39 is 15.6 Å². The number of pyridine rings is 1. The molecule has 0 saturated heterocycles. The zero-order valence-corrected chi connectivity index (χ0v) is 20.7. The summed E-state index contributed by atoms with van der Waals surface area (Å²) in [5.74, 6) is 0.572. The minimum Gasteiger partial charge on any atom is -0.481 e. The van der Waals surface area contributed by atoms with Crippen molar-refractivity contribution in [2.75, 3.05) is 7.11 Å². The second kappa shape index (κ2) is 8.52. The minimum atomic E-state index is -3.82. The number of nitrogens with zero attached hydrogens (tertiary/aromatic N) is 2. The minimum absolute atomic E-state index is 0.235. The fourth-order valence-corrected chi connectivity index (χ4v) is 6.15. The molecule has 0 bridgehead atoms. The molecule has 3 aromatic carbocycles. The van der Waals surface area contributed by atoms with E-state index in [-0.39, 0.29) is 4.90 Å². The largest absolute Gasteiger partial charge is 0.481 e. The van der Waals surface area contributed by atoms with Gasteiger partial charge < -0.3 is 10.5 Å². The van der Waals surface area contributed by atoms with Gasteiger partial charge in [-0.15, -0.1) is 0 Å². The molecule has 178 valence electrons. The van der Waals surface area contributed by atoms with Gasteiger partial charge in [0.05, 0.1) is 23.0 Å². The molecule has 6 nitrogen and oxygen atoms in total. The molecule has 0 saturated carbocycles. The van der Waals surface area contributed by atoms with Crippen molar-refractivity contribution >= 4 is 31.8 Å². The van der Waals surface area contributed by atoms with Gasteiger partial charge in [-0.05, 0) is 55.8 Å². The molecular weight excluding hydrogens is 458 g/mol. The maximum atomic E-state index is 13.7. The average molecular weight is 486 g/mol. The number of methoxy groups -OCH3 is 1. The van der Waals surface area contributed by atoms with Gasteiger partial charge >= 0.3 is 0 Å². The highest BCUT2D eigenvalue weighted by molar-refractivity contribution is 7.90. The van der Waals surface area contributed by atoms with Crippen molar-refractivity contribution in [3.05, 3.63) is 102 Å². The van der Waals surface area contributed by atoms with E-state index in [0.29, 0.717) is 23.5 Å². The highest BCUT2D eigenvalue weighted by atomic mass is 32.2. The lowest BCUT2D eigenvalue weighted by atomic mass is 9.87. The molecule has 5 rings (SSSR count). The van der Waals surface area contributed by atoms with Crippen molar-refractivity contribution < 1.29 is 13.2 Å². The van der Waals surface area contributed by atoms with Crippen molar-refractivity contribution in [3.8, 4) is 5.88 Å². The summed E-state index contributed by atoms with van der Waals surface area (Å²) in [6, 6.07) is 25.8. The van der Waals surface area contributed by atoms with E-state index in [1.165, 1.54) is 3.97 Å². The molecule has 2 N–H and O–H groups in total. The smallest absolute Gasteiger partial charge is 0.268 e. The number of rotatable bonds is 6. The molecule has 2 aromatic heterocycles. The Labute approximate surface area is 205 Å². The normalized spacial score (nSPS) is 13.7. The third kappa shape index (κ3) is 4.07. The summed E-state index contributed by atoms with van der Waals surface area (Å²) in [5.41, 5.74) is 9.85. The van der Waals surface area contributed by atoms with Gasteiger partial charge in [0.2, 0.25) is 5.88 Å². The van der Waals surface area contributed by atoms with Crippen LogP contribution >= 0.6 is 0 Å². The molecular formula is C28H27N3O3S. The Morgan fingerprint density at radius 3 is 2.40 bits per heavy atom. The van der Waals surface area contributed by atoms with Crippen LogP contribution in [0.4, 0.5) is 0 Å². The van der Waals surface area contributed by atoms with E-state index in [9.17, 15) is 8.42 Å². The number of fused-ring (bicyclic) bond motifs is 2. The van der Waals surface area contributed by atoms with Crippen LogP contribution in [0, 0.1) is 6.92 Å². The standard InChI is InChI=1S/C28H27N3O3S/c1-19-15-20-13-14-22(17-25(20)30-27(19)34-3)28(2,29)18-23-16-21-9-7-8-12-26(21)31(23)35(32,33)24-10-5-4-6-11-24/h4-17H,18,29H2,1-3H3. The summed E-state index contributed by atoms with van der Waals surface area (Å²) in [6.45, 7) is 3.87. The summed E-state index contributed by atoms with van der Waals surface area (Å²) in [6.07, 6.45) is 0.308. The Kier molecular flexibility index (Phi) is 5.62. The highest BCUT2D eigenvalue weighted by Gasteiger charge is 2.29. The van der Waals surface area contributed by atoms with Gasteiger partial charge in [0.1, 0.15) is 0 Å². The van der Waals surface area contributed by atoms with Gasteiger partial charge in [-0.25, -0.2) is 17.4 Å². The molecule has 2 heterocycles. The molecule has 5 aromatic rings. The number of aromatic nitrogens is 2. The van der Waals surface area contributed by atoms with E-state index in [1.807, 2.05) is 68.4 Å². The number of hydrogen-bond acceptors (Lipinski definition) is 5. The number of benzene rings is 3. The van der Waals surface area contributed by atoms with Gasteiger partial charge in [-0.3, -0.25) is 0 Å². The van der Waals surface area contributed by atoms with Crippen molar-refractivity contribution in [2.45, 2.75) is 30.7 Å². The first-order chi connectivity index (χ1) is 16.7. The molecule has 0 radical (unpaired) electrons. The first-order valence-electron chi connectivity index (χ1n) is 11.4. The van der Waals surface area contributed by atoms with Crippen molar-refractivity contribution in [1.29, 1.82) is 0 Å². The molecule has 0 aliphatic heterocycles. The van der Waals surface area contributed by atoms with Crippen LogP contribution in [-0.4, -0.2) is 24.5 Å². The van der Waals surface area contributed by atoms with Crippen molar-refractivity contribution in [2.24, 2.45) is 5.73 Å². The Balaban J connectivity index is 1.63. The molecule has 35 heavy (non-hydrogen) atoms. The summed E-state index contributed by atoms with van der Waals surface area (Å²) < 4.78 is 34.3. The van der Waals surface area contributed by atoms with Crippen molar-refractivity contribution in [1.82, 2.24) is 8.96 Å². The molecule has 1 unspecified atom stereocenters. The number of hydrogen-bond donors (Lipinski definition) is 1. The number of nitrogens with two attached hydrogens (primary N) is 1. The predicted molar refractivity (Wildman–Crippen MR) is 139 cm³/mol. The van der Waals surface area contributed by atoms with Gasteiger partial charge in [0, 0.05) is 34.0 Å². The number of ether oxygens (including phenoxy) is 1. The topological polar surface area (TPSA) is 87.2 Å². The predicted octanol–water partition coefficient (Wildman–Crippen LogP) is 5.16. The van der Waals surface area contributed by atoms with E-state index in [2.05, 4.69) is 4.98 Å². The van der Waals surface area contributed by atoms with E-state index in [1.54, 1.807) is 37.4 Å². The summed E-state index contributed by atoms with van der Waals surface area (Å²) >= 11 is 0. The zero-order valence-electron chi connectivity index (χ0n) is 19.9. The lowest BCUT2D eigenvalue weighted by Gasteiger charge is -2.26. The maximum absolute atomic E-state index is 13.7. The molecule has 7 heteroatoms. The first kappa shape index (κ1) is 23.1. The van der Waals surface area contributed by atoms with E-state index in [0.717, 1.165) is 27.4 Å². The van der Waals surface area contributed by atoms with Gasteiger partial charge in [-0.1, -0.05) is 48.5 Å². The summed E-state index contributed by atoms with van der Waals surface area (Å²) in [5, 5.41) is 1.84. The SMILES string of the molecule is COc1nc2cc(C(C)(N)Cc3cc4ccccc4n3S(=O)(=O)c3ccccc3)ccc2cc1C. The Bertz CT molecular complexity index is 1660. The maximum Gasteiger partial charge on any atom is 0.268 e. The average Bonchev–Trinajstić information content (AvgIpc) is 3.21. The van der Waals surface area contributed by atoms with Crippen LogP contribution in [0.5, 0.6) is 5.88 Å². The van der Waals surface area contributed by atoms with Crippen LogP contribution in [-0.2, 0) is 22.0 Å². The summed E-state index contributed by atoms with van der Waals surface area (Å²) in [7, 11) is -2.22. The van der Waals surface area contributed by atoms with Gasteiger partial charge in [0.25, 0.3) is 10.0 Å². The second-order valence-corrected chi connectivity index (χ2v) is 10.9. The Hall–Kier alpha value is -3.68. The van der Waals surface area contributed by atoms with Crippen LogP contribution in [0.25, 0.3) is 21.8 Å². The molecule has 1 atom stereocenters. The molecule has 0 aliphatic rings. The molecule has 0 amide bonds. The highest BCUT2D eigenvalue weighted by Crippen LogP contribution is 2.32. The van der Waals surface area contributed by atoms with Crippen LogP contribution in [0.15, 0.2) is 89.8 Å². The fourth-order valence-electron chi connectivity index (χ4n) is 4.59. The quantitative estimate of drug-likeness (QED) is 0.359. The Morgan fingerprint density at radius 1 is 0.943 bits per heavy atom. The van der Waals surface area contributed by atoms with E-state index >= 15 is 0 Å². The lowest BCUT2D eigenvalue weighted by Crippen LogP contribution is -2.36. The second-order valence-electron chi connectivity index (χ2n) is 9.09. The van der Waals surface area contributed by atoms with Crippen LogP contribution in [0.3, 0.4) is 0 Å². The number of aryl methyl sites for hydroxylation is 1. The molecule has 0 spiro atoms. The monoisotopic (exact) mass is 485 g/mol. The van der Waals surface area contributed by atoms with Crippen LogP contribution < -0.4 is 10.5 Å². The molecule has 0 aliphatic carbocycles. The van der Waals surface area contributed by atoms with E-state index in [4.69, 9.17) is 10.5 Å². The van der Waals surface area contributed by atoms with Crippen LogP contribution in [0.1, 0.15) is 23.7 Å². The third-order valence-corrected chi connectivity index (χ3v) is 8.16. The summed E-state index contributed by atoms with van der Waals surface area (Å²) in [4.78, 5) is 4.86. The molecule has 0 fully saturated rings. The van der Waals surface area contributed by atoms with Crippen LogP contribution in [0.2, 0.25) is 0 Å². The van der Waals surface area contributed by atoms with Crippen molar-refractivity contribution in [3.63, 3.8) is 0 Å². The fraction of sp³-hybridized carbons (Fsp3) is 0.179. The zero-order chi connectivity index (χ0) is 24.8. The van der Waals surface area contributed by atoms with Gasteiger partial charge in [0.15, 0.2) is 0 Å².